The van der Waals surface area contributed by atoms with Crippen LogP contribution in [-0.4, -0.2) is 48.6 Å². The summed E-state index contributed by atoms with van der Waals surface area (Å²) < 4.78 is 0. The van der Waals surface area contributed by atoms with E-state index in [-0.39, 0.29) is 0 Å². The van der Waals surface area contributed by atoms with Crippen LogP contribution >= 0.6 is 11.8 Å². The van der Waals surface area contributed by atoms with Crippen molar-refractivity contribution in [1.82, 2.24) is 10.2 Å². The largest absolute Gasteiger partial charge is 0.314 e. The first-order valence-corrected chi connectivity index (χ1v) is 8.39. The Hall–Kier alpha value is 0.270. The molecule has 0 amide bonds. The third-order valence-corrected chi connectivity index (χ3v) is 4.77. The van der Waals surface area contributed by atoms with Crippen molar-refractivity contribution in [3.05, 3.63) is 0 Å². The van der Waals surface area contributed by atoms with Crippen LogP contribution in [0.25, 0.3) is 0 Å². The van der Waals surface area contributed by atoms with Gasteiger partial charge in [0.1, 0.15) is 0 Å². The molecule has 102 valence electrons. The maximum Gasteiger partial charge on any atom is 0.0135 e. The minimum Gasteiger partial charge on any atom is -0.314 e. The molecule has 17 heavy (non-hydrogen) atoms. The lowest BCUT2D eigenvalue weighted by atomic mass is 9.78. The maximum absolute atomic E-state index is 3.58. The summed E-state index contributed by atoms with van der Waals surface area (Å²) in [6.07, 6.45) is 6.32. The third kappa shape index (κ3) is 4.80. The molecule has 2 nitrogen and oxygen atoms in total. The molecule has 1 fully saturated rings. The van der Waals surface area contributed by atoms with Gasteiger partial charge < -0.3 is 10.2 Å². The third-order valence-electron chi connectivity index (χ3n) is 4.12. The zero-order chi connectivity index (χ0) is 12.8. The highest BCUT2D eigenvalue weighted by molar-refractivity contribution is 7.98. The maximum atomic E-state index is 3.58. The molecule has 1 rings (SSSR count). The molecule has 1 aliphatic rings. The van der Waals surface area contributed by atoms with Crippen molar-refractivity contribution in [2.75, 3.05) is 25.6 Å². The van der Waals surface area contributed by atoms with E-state index in [4.69, 9.17) is 0 Å². The average molecular weight is 258 g/mol. The second-order valence-electron chi connectivity index (χ2n) is 5.76. The molecule has 3 atom stereocenters. The Kier molecular flexibility index (Phi) is 6.90. The monoisotopic (exact) mass is 258 g/mol. The summed E-state index contributed by atoms with van der Waals surface area (Å²) in [4.78, 5) is 2.62. The first-order valence-electron chi connectivity index (χ1n) is 7.00. The van der Waals surface area contributed by atoms with Gasteiger partial charge in [0.25, 0.3) is 0 Å². The standard InChI is InChI=1S/C14H30N2S/c1-11(2)15-10-13-6-7-14(13)16(4)12(3)8-9-17-5/h11-15H,6-10H2,1-5H3. The Morgan fingerprint density at radius 2 is 2.00 bits per heavy atom. The second-order valence-corrected chi connectivity index (χ2v) is 6.75. The quantitative estimate of drug-likeness (QED) is 0.721. The van der Waals surface area contributed by atoms with E-state index in [9.17, 15) is 0 Å². The van der Waals surface area contributed by atoms with Gasteiger partial charge in [0.2, 0.25) is 0 Å². The van der Waals surface area contributed by atoms with Gasteiger partial charge in [-0.2, -0.15) is 11.8 Å². The number of nitrogens with one attached hydrogen (secondary N) is 1. The van der Waals surface area contributed by atoms with Gasteiger partial charge >= 0.3 is 0 Å². The summed E-state index contributed by atoms with van der Waals surface area (Å²) in [5.74, 6) is 2.16. The molecule has 1 aliphatic carbocycles. The fourth-order valence-corrected chi connectivity index (χ4v) is 3.11. The number of hydrogen-bond donors (Lipinski definition) is 1. The van der Waals surface area contributed by atoms with Crippen LogP contribution in [0.2, 0.25) is 0 Å². The van der Waals surface area contributed by atoms with Crippen LogP contribution < -0.4 is 5.32 Å². The normalized spacial score (nSPS) is 26.3. The number of hydrogen-bond acceptors (Lipinski definition) is 3. The molecule has 0 radical (unpaired) electrons. The van der Waals surface area contributed by atoms with Gasteiger partial charge in [0.05, 0.1) is 0 Å². The summed E-state index contributed by atoms with van der Waals surface area (Å²) in [6, 6.07) is 2.17. The zero-order valence-electron chi connectivity index (χ0n) is 12.2. The van der Waals surface area contributed by atoms with Crippen molar-refractivity contribution in [3.8, 4) is 0 Å². The molecule has 0 aromatic rings. The van der Waals surface area contributed by atoms with Gasteiger partial charge in [-0.15, -0.1) is 0 Å². The molecule has 0 bridgehead atoms. The summed E-state index contributed by atoms with van der Waals surface area (Å²) in [7, 11) is 2.32. The Balaban J connectivity index is 2.28. The van der Waals surface area contributed by atoms with Crippen molar-refractivity contribution >= 4 is 11.8 Å². The first kappa shape index (κ1) is 15.3. The highest BCUT2D eigenvalue weighted by atomic mass is 32.2. The van der Waals surface area contributed by atoms with Crippen LogP contribution in [0.1, 0.15) is 40.0 Å². The van der Waals surface area contributed by atoms with E-state index in [1.807, 2.05) is 11.8 Å². The average Bonchev–Trinajstić information content (AvgIpc) is 2.23. The number of rotatable bonds is 8. The number of nitrogens with zero attached hydrogens (tertiary/aromatic N) is 1. The van der Waals surface area contributed by atoms with E-state index in [1.165, 1.54) is 31.6 Å². The van der Waals surface area contributed by atoms with Crippen molar-refractivity contribution in [2.24, 2.45) is 5.92 Å². The predicted octanol–water partition coefficient (Wildman–Crippen LogP) is 2.84. The molecule has 1 N–H and O–H groups in total. The van der Waals surface area contributed by atoms with Gasteiger partial charge in [-0.05, 0) is 57.7 Å². The van der Waals surface area contributed by atoms with Crippen LogP contribution in [0, 0.1) is 5.92 Å². The van der Waals surface area contributed by atoms with Gasteiger partial charge in [-0.3, -0.25) is 0 Å². The van der Waals surface area contributed by atoms with Crippen LogP contribution in [0.5, 0.6) is 0 Å². The lowest BCUT2D eigenvalue weighted by molar-refractivity contribution is 0.0534. The van der Waals surface area contributed by atoms with Crippen molar-refractivity contribution in [3.63, 3.8) is 0 Å². The van der Waals surface area contributed by atoms with Crippen LogP contribution in [0.15, 0.2) is 0 Å². The molecular formula is C14H30N2S. The van der Waals surface area contributed by atoms with Crippen molar-refractivity contribution in [2.45, 2.75) is 58.2 Å². The van der Waals surface area contributed by atoms with Crippen LogP contribution in [0.3, 0.4) is 0 Å². The molecule has 0 aliphatic heterocycles. The van der Waals surface area contributed by atoms with E-state index in [1.54, 1.807) is 0 Å². The minimum absolute atomic E-state index is 0.621. The number of thioether (sulfide) groups is 1. The molecule has 3 heteroatoms. The summed E-state index contributed by atoms with van der Waals surface area (Å²) in [5, 5.41) is 3.58. The van der Waals surface area contributed by atoms with Crippen molar-refractivity contribution in [1.29, 1.82) is 0 Å². The second kappa shape index (κ2) is 7.65. The minimum atomic E-state index is 0.621. The molecule has 0 spiro atoms. The molecule has 0 aromatic heterocycles. The molecule has 3 unspecified atom stereocenters. The smallest absolute Gasteiger partial charge is 0.0135 e. The van der Waals surface area contributed by atoms with Gasteiger partial charge in [-0.25, -0.2) is 0 Å². The van der Waals surface area contributed by atoms with Crippen LogP contribution in [0.4, 0.5) is 0 Å². The topological polar surface area (TPSA) is 15.3 Å². The lowest BCUT2D eigenvalue weighted by Crippen LogP contribution is -2.52. The van der Waals surface area contributed by atoms with Crippen molar-refractivity contribution < 1.29 is 0 Å². The molecule has 0 saturated heterocycles. The van der Waals surface area contributed by atoms with Gasteiger partial charge in [-0.1, -0.05) is 13.8 Å². The predicted molar refractivity (Wildman–Crippen MR) is 79.9 cm³/mol. The summed E-state index contributed by atoms with van der Waals surface area (Å²) in [5.41, 5.74) is 0. The lowest BCUT2D eigenvalue weighted by Gasteiger charge is -2.45. The fraction of sp³-hybridized carbons (Fsp3) is 1.00. The highest BCUT2D eigenvalue weighted by Gasteiger charge is 2.35. The molecule has 0 heterocycles. The van der Waals surface area contributed by atoms with E-state index >= 15 is 0 Å². The first-order chi connectivity index (χ1) is 8.06. The van der Waals surface area contributed by atoms with E-state index in [0.29, 0.717) is 6.04 Å². The fourth-order valence-electron chi connectivity index (χ4n) is 2.53. The zero-order valence-corrected chi connectivity index (χ0v) is 13.0. The van der Waals surface area contributed by atoms with E-state index < -0.39 is 0 Å². The van der Waals surface area contributed by atoms with Gasteiger partial charge in [0, 0.05) is 18.1 Å². The molecule has 0 aromatic carbocycles. The SMILES string of the molecule is CSCCC(C)N(C)C1CCC1CNC(C)C. The van der Waals surface area contributed by atoms with Gasteiger partial charge in [0.15, 0.2) is 0 Å². The Morgan fingerprint density at radius 1 is 1.29 bits per heavy atom. The molecule has 1 saturated carbocycles. The highest BCUT2D eigenvalue weighted by Crippen LogP contribution is 2.32. The summed E-state index contributed by atoms with van der Waals surface area (Å²) in [6.45, 7) is 8.04. The van der Waals surface area contributed by atoms with E-state index in [0.717, 1.165) is 18.0 Å². The molecular weight excluding hydrogens is 228 g/mol. The Morgan fingerprint density at radius 3 is 2.47 bits per heavy atom. The van der Waals surface area contributed by atoms with Crippen LogP contribution in [-0.2, 0) is 0 Å². The Labute approximate surface area is 112 Å². The Bertz CT molecular complexity index is 208. The van der Waals surface area contributed by atoms with E-state index in [2.05, 4.69) is 44.3 Å². The summed E-state index contributed by atoms with van der Waals surface area (Å²) >= 11 is 1.96.